The minimum atomic E-state index is -0.666. The summed E-state index contributed by atoms with van der Waals surface area (Å²) in [4.78, 5) is 0. The van der Waals surface area contributed by atoms with E-state index in [4.69, 9.17) is 10.5 Å². The Balaban J connectivity index is 3.06. The molecule has 2 N–H and O–H groups in total. The van der Waals surface area contributed by atoms with E-state index in [1.807, 2.05) is 0 Å². The molecule has 15 heavy (non-hydrogen) atoms. The first-order valence-corrected chi connectivity index (χ1v) is 4.63. The van der Waals surface area contributed by atoms with Crippen LogP contribution in [0.5, 0.6) is 0 Å². The predicted octanol–water partition coefficient (Wildman–Crippen LogP) is 2.39. The van der Waals surface area contributed by atoms with Crippen LogP contribution < -0.4 is 5.73 Å². The molecule has 1 atom stereocenters. The summed E-state index contributed by atoms with van der Waals surface area (Å²) in [7, 11) is 1.51. The molecule has 0 aliphatic carbocycles. The molecule has 1 aromatic carbocycles. The second-order valence-corrected chi connectivity index (χ2v) is 3.99. The highest BCUT2D eigenvalue weighted by atomic mass is 19.1. The van der Waals surface area contributed by atoms with Gasteiger partial charge >= 0.3 is 0 Å². The van der Waals surface area contributed by atoms with Crippen LogP contribution in [-0.2, 0) is 4.74 Å². The van der Waals surface area contributed by atoms with E-state index in [2.05, 4.69) is 0 Å². The van der Waals surface area contributed by atoms with Gasteiger partial charge in [-0.1, -0.05) is 0 Å². The van der Waals surface area contributed by atoms with E-state index >= 15 is 0 Å². The quantitative estimate of drug-likeness (QED) is 0.840. The summed E-state index contributed by atoms with van der Waals surface area (Å²) in [6.45, 7) is 3.53. The van der Waals surface area contributed by atoms with Crippen LogP contribution in [0.1, 0.15) is 25.5 Å². The van der Waals surface area contributed by atoms with E-state index in [-0.39, 0.29) is 0 Å². The Morgan fingerprint density at radius 3 is 2.07 bits per heavy atom. The van der Waals surface area contributed by atoms with Gasteiger partial charge in [0.1, 0.15) is 11.6 Å². The number of rotatable bonds is 3. The van der Waals surface area contributed by atoms with Crippen molar-refractivity contribution >= 4 is 0 Å². The molecule has 0 saturated heterocycles. The average molecular weight is 215 g/mol. The van der Waals surface area contributed by atoms with Crippen molar-refractivity contribution in [2.45, 2.75) is 25.5 Å². The zero-order valence-electron chi connectivity index (χ0n) is 9.05. The third kappa shape index (κ3) is 2.73. The molecule has 4 heteroatoms. The summed E-state index contributed by atoms with van der Waals surface area (Å²) in [6.07, 6.45) is 0. The molecule has 1 aromatic rings. The fourth-order valence-electron chi connectivity index (χ4n) is 1.28. The fraction of sp³-hybridized carbons (Fsp3) is 0.455. The molecule has 1 rings (SSSR count). The molecule has 0 amide bonds. The van der Waals surface area contributed by atoms with Crippen molar-refractivity contribution in [2.75, 3.05) is 7.11 Å². The Bertz CT molecular complexity index is 332. The van der Waals surface area contributed by atoms with Crippen LogP contribution in [0, 0.1) is 11.6 Å². The fourth-order valence-corrected chi connectivity index (χ4v) is 1.28. The first kappa shape index (κ1) is 12.1. The summed E-state index contributed by atoms with van der Waals surface area (Å²) in [6, 6.07) is 2.67. The van der Waals surface area contributed by atoms with E-state index in [0.29, 0.717) is 5.56 Å². The standard InChI is InChI=1S/C11H15F2NO/c1-11(2,15-3)10(14)7-4-8(12)6-9(13)5-7/h4-6,10H,14H2,1-3H3. The van der Waals surface area contributed by atoms with Gasteiger partial charge in [-0.25, -0.2) is 8.78 Å². The molecule has 0 aliphatic heterocycles. The molecular formula is C11H15F2NO. The molecule has 0 bridgehead atoms. The third-order valence-electron chi connectivity index (χ3n) is 2.52. The molecule has 0 saturated carbocycles. The molecule has 0 aliphatic rings. The molecule has 1 unspecified atom stereocenters. The van der Waals surface area contributed by atoms with Crippen LogP contribution in [0.15, 0.2) is 18.2 Å². The smallest absolute Gasteiger partial charge is 0.126 e. The predicted molar refractivity (Wildman–Crippen MR) is 54.4 cm³/mol. The zero-order valence-corrected chi connectivity index (χ0v) is 9.05. The Kier molecular flexibility index (Phi) is 3.42. The lowest BCUT2D eigenvalue weighted by molar-refractivity contribution is -0.000150. The van der Waals surface area contributed by atoms with Gasteiger partial charge in [0.05, 0.1) is 11.6 Å². The largest absolute Gasteiger partial charge is 0.377 e. The summed E-state index contributed by atoms with van der Waals surface area (Å²) in [5.74, 6) is -1.26. The van der Waals surface area contributed by atoms with E-state index in [9.17, 15) is 8.78 Å². The lowest BCUT2D eigenvalue weighted by atomic mass is 9.92. The van der Waals surface area contributed by atoms with Crippen LogP contribution in [0.2, 0.25) is 0 Å². The van der Waals surface area contributed by atoms with E-state index in [1.165, 1.54) is 19.2 Å². The Hall–Kier alpha value is -1.00. The van der Waals surface area contributed by atoms with Crippen LogP contribution >= 0.6 is 0 Å². The lowest BCUT2D eigenvalue weighted by Crippen LogP contribution is -2.37. The van der Waals surface area contributed by atoms with Gasteiger partial charge in [0.2, 0.25) is 0 Å². The van der Waals surface area contributed by atoms with Crippen molar-refractivity contribution in [3.8, 4) is 0 Å². The summed E-state index contributed by atoms with van der Waals surface area (Å²) in [5.41, 5.74) is 5.58. The van der Waals surface area contributed by atoms with Gasteiger partial charge in [0, 0.05) is 13.2 Å². The average Bonchev–Trinajstić information content (AvgIpc) is 2.15. The normalized spacial score (nSPS) is 14.0. The van der Waals surface area contributed by atoms with Crippen molar-refractivity contribution in [1.29, 1.82) is 0 Å². The second kappa shape index (κ2) is 4.24. The molecule has 0 spiro atoms. The molecule has 0 aromatic heterocycles. The first-order chi connectivity index (χ1) is 6.86. The van der Waals surface area contributed by atoms with Crippen molar-refractivity contribution < 1.29 is 13.5 Å². The van der Waals surface area contributed by atoms with Gasteiger partial charge < -0.3 is 10.5 Å². The van der Waals surface area contributed by atoms with Gasteiger partial charge in [-0.15, -0.1) is 0 Å². The molecular weight excluding hydrogens is 200 g/mol. The number of hydrogen-bond acceptors (Lipinski definition) is 2. The van der Waals surface area contributed by atoms with Gasteiger partial charge in [-0.2, -0.15) is 0 Å². The first-order valence-electron chi connectivity index (χ1n) is 4.63. The SMILES string of the molecule is COC(C)(C)C(N)c1cc(F)cc(F)c1. The molecule has 0 radical (unpaired) electrons. The lowest BCUT2D eigenvalue weighted by Gasteiger charge is -2.30. The monoisotopic (exact) mass is 215 g/mol. The maximum Gasteiger partial charge on any atom is 0.126 e. The summed E-state index contributed by atoms with van der Waals surface area (Å²) in [5, 5.41) is 0. The Morgan fingerprint density at radius 1 is 1.20 bits per heavy atom. The Morgan fingerprint density at radius 2 is 1.67 bits per heavy atom. The van der Waals surface area contributed by atoms with Crippen molar-refractivity contribution in [2.24, 2.45) is 5.73 Å². The molecule has 0 heterocycles. The topological polar surface area (TPSA) is 35.2 Å². The van der Waals surface area contributed by atoms with E-state index in [0.717, 1.165) is 6.07 Å². The number of hydrogen-bond donors (Lipinski definition) is 1. The molecule has 84 valence electrons. The minimum Gasteiger partial charge on any atom is -0.377 e. The van der Waals surface area contributed by atoms with Gasteiger partial charge in [-0.05, 0) is 31.5 Å². The van der Waals surface area contributed by atoms with Crippen LogP contribution in [-0.4, -0.2) is 12.7 Å². The van der Waals surface area contributed by atoms with Crippen LogP contribution in [0.4, 0.5) is 8.78 Å². The van der Waals surface area contributed by atoms with Gasteiger partial charge in [-0.3, -0.25) is 0 Å². The highest BCUT2D eigenvalue weighted by molar-refractivity contribution is 5.23. The van der Waals surface area contributed by atoms with Crippen molar-refractivity contribution in [1.82, 2.24) is 0 Å². The highest BCUT2D eigenvalue weighted by Gasteiger charge is 2.27. The second-order valence-electron chi connectivity index (χ2n) is 3.99. The van der Waals surface area contributed by atoms with Gasteiger partial charge in [0.25, 0.3) is 0 Å². The molecule has 0 fully saturated rings. The molecule has 2 nitrogen and oxygen atoms in total. The number of halogens is 2. The van der Waals surface area contributed by atoms with E-state index < -0.39 is 23.3 Å². The van der Waals surface area contributed by atoms with Crippen molar-refractivity contribution in [3.63, 3.8) is 0 Å². The number of methoxy groups -OCH3 is 1. The van der Waals surface area contributed by atoms with E-state index in [1.54, 1.807) is 13.8 Å². The van der Waals surface area contributed by atoms with Crippen LogP contribution in [0.25, 0.3) is 0 Å². The minimum absolute atomic E-state index is 0.388. The highest BCUT2D eigenvalue weighted by Crippen LogP contribution is 2.26. The Labute approximate surface area is 88.0 Å². The van der Waals surface area contributed by atoms with Crippen molar-refractivity contribution in [3.05, 3.63) is 35.4 Å². The number of nitrogens with two attached hydrogens (primary N) is 1. The summed E-state index contributed by atoms with van der Waals surface area (Å²) >= 11 is 0. The number of ether oxygens (including phenoxy) is 1. The van der Waals surface area contributed by atoms with Gasteiger partial charge in [0.15, 0.2) is 0 Å². The van der Waals surface area contributed by atoms with Crippen LogP contribution in [0.3, 0.4) is 0 Å². The maximum atomic E-state index is 12.9. The maximum absolute atomic E-state index is 12.9. The third-order valence-corrected chi connectivity index (χ3v) is 2.52. The zero-order chi connectivity index (χ0) is 11.6. The number of benzene rings is 1. The summed E-state index contributed by atoms with van der Waals surface area (Å²) < 4.78 is 31.1.